The van der Waals surface area contributed by atoms with Gasteiger partial charge < -0.3 is 9.47 Å². The summed E-state index contributed by atoms with van der Waals surface area (Å²) in [6.45, 7) is 3.74. The molecular formula is C23H26O5S. The first-order chi connectivity index (χ1) is 14.0. The van der Waals surface area contributed by atoms with Gasteiger partial charge in [0.15, 0.2) is 10.9 Å². The summed E-state index contributed by atoms with van der Waals surface area (Å²) in [6, 6.07) is 16.1. The third-order valence-electron chi connectivity index (χ3n) is 4.09. The van der Waals surface area contributed by atoms with Crippen LogP contribution in [0.15, 0.2) is 54.6 Å². The first kappa shape index (κ1) is 22.7. The van der Waals surface area contributed by atoms with Gasteiger partial charge in [0, 0.05) is 18.9 Å². The zero-order valence-electron chi connectivity index (χ0n) is 16.8. The van der Waals surface area contributed by atoms with E-state index < -0.39 is 11.2 Å². The van der Waals surface area contributed by atoms with Gasteiger partial charge in [0.25, 0.3) is 0 Å². The molecule has 0 amide bonds. The van der Waals surface area contributed by atoms with E-state index in [-0.39, 0.29) is 17.3 Å². The van der Waals surface area contributed by atoms with Crippen LogP contribution < -0.4 is 4.74 Å². The van der Waals surface area contributed by atoms with Crippen molar-refractivity contribution in [3.63, 3.8) is 0 Å². The summed E-state index contributed by atoms with van der Waals surface area (Å²) >= 11 is 0.840. The number of carbonyl (C=O) groups excluding carboxylic acids is 3. The molecule has 0 aromatic heterocycles. The molecule has 0 aliphatic rings. The van der Waals surface area contributed by atoms with Crippen molar-refractivity contribution in [3.8, 4) is 11.5 Å². The zero-order chi connectivity index (χ0) is 21.1. The van der Waals surface area contributed by atoms with Crippen LogP contribution in [0.3, 0.4) is 0 Å². The highest BCUT2D eigenvalue weighted by atomic mass is 32.2. The molecule has 1 atom stereocenters. The van der Waals surface area contributed by atoms with Gasteiger partial charge in [-0.2, -0.15) is 0 Å². The van der Waals surface area contributed by atoms with Crippen LogP contribution in [0.4, 0.5) is 0 Å². The van der Waals surface area contributed by atoms with Gasteiger partial charge in [0.2, 0.25) is 0 Å². The predicted octanol–water partition coefficient (Wildman–Crippen LogP) is 5.43. The SMILES string of the molecule is CCCCCOC(=O)C(CC(=O)c1ccc(Oc2ccccc2)cc1)SC(C)=O. The second kappa shape index (κ2) is 12.1. The summed E-state index contributed by atoms with van der Waals surface area (Å²) in [6.07, 6.45) is 2.67. The lowest BCUT2D eigenvalue weighted by Crippen LogP contribution is -2.25. The van der Waals surface area contributed by atoms with Crippen molar-refractivity contribution in [2.75, 3.05) is 6.61 Å². The highest BCUT2D eigenvalue weighted by molar-refractivity contribution is 8.14. The van der Waals surface area contributed by atoms with Crippen LogP contribution in [-0.2, 0) is 14.3 Å². The number of carbonyl (C=O) groups is 3. The van der Waals surface area contributed by atoms with E-state index in [4.69, 9.17) is 9.47 Å². The number of benzene rings is 2. The summed E-state index contributed by atoms with van der Waals surface area (Å²) in [5.41, 5.74) is 0.457. The molecule has 154 valence electrons. The molecule has 6 heteroatoms. The van der Waals surface area contributed by atoms with Crippen LogP contribution in [0.25, 0.3) is 0 Å². The quantitative estimate of drug-likeness (QED) is 0.277. The van der Waals surface area contributed by atoms with E-state index in [9.17, 15) is 14.4 Å². The number of rotatable bonds is 11. The molecule has 0 aliphatic heterocycles. The highest BCUT2D eigenvalue weighted by Crippen LogP contribution is 2.24. The van der Waals surface area contributed by atoms with Gasteiger partial charge in [0.05, 0.1) is 6.61 Å². The standard InChI is InChI=1S/C23H26O5S/c1-3-4-8-15-27-23(26)22(29-17(2)24)16-21(25)18-11-13-20(14-12-18)28-19-9-6-5-7-10-19/h5-7,9-14,22H,3-4,8,15-16H2,1-2H3. The first-order valence-corrected chi connectivity index (χ1v) is 10.6. The molecule has 5 nitrogen and oxygen atoms in total. The monoisotopic (exact) mass is 414 g/mol. The van der Waals surface area contributed by atoms with Gasteiger partial charge in [-0.05, 0) is 42.8 Å². The average molecular weight is 415 g/mol. The highest BCUT2D eigenvalue weighted by Gasteiger charge is 2.26. The van der Waals surface area contributed by atoms with Gasteiger partial charge in [-0.1, -0.05) is 49.7 Å². The molecule has 29 heavy (non-hydrogen) atoms. The van der Waals surface area contributed by atoms with E-state index in [1.54, 1.807) is 24.3 Å². The molecule has 0 bridgehead atoms. The van der Waals surface area contributed by atoms with E-state index in [2.05, 4.69) is 6.92 Å². The predicted molar refractivity (Wildman–Crippen MR) is 114 cm³/mol. The number of thioether (sulfide) groups is 1. The van der Waals surface area contributed by atoms with Crippen molar-refractivity contribution in [3.05, 3.63) is 60.2 Å². The minimum Gasteiger partial charge on any atom is -0.465 e. The number of para-hydroxylation sites is 1. The fraction of sp³-hybridized carbons (Fsp3) is 0.348. The third-order valence-corrected chi connectivity index (χ3v) is 5.06. The fourth-order valence-electron chi connectivity index (χ4n) is 2.61. The summed E-state index contributed by atoms with van der Waals surface area (Å²) in [5, 5.41) is -1.05. The molecule has 0 spiro atoms. The second-order valence-corrected chi connectivity index (χ2v) is 7.92. The molecule has 0 heterocycles. The number of hydrogen-bond donors (Lipinski definition) is 0. The van der Waals surface area contributed by atoms with Gasteiger partial charge in [-0.3, -0.25) is 14.4 Å². The molecular weight excluding hydrogens is 388 g/mol. The Balaban J connectivity index is 1.96. The Hall–Kier alpha value is -2.60. The van der Waals surface area contributed by atoms with Crippen LogP contribution in [0, 0.1) is 0 Å². The number of hydrogen-bond acceptors (Lipinski definition) is 6. The molecule has 2 aromatic rings. The Morgan fingerprint density at radius 1 is 0.931 bits per heavy atom. The Morgan fingerprint density at radius 3 is 2.21 bits per heavy atom. The molecule has 1 unspecified atom stereocenters. The molecule has 0 radical (unpaired) electrons. The number of ether oxygens (including phenoxy) is 2. The minimum atomic E-state index is -0.832. The summed E-state index contributed by atoms with van der Waals surface area (Å²) in [7, 11) is 0. The Kier molecular flexibility index (Phi) is 9.44. The Labute approximate surface area is 175 Å². The molecule has 0 saturated carbocycles. The van der Waals surface area contributed by atoms with E-state index in [1.807, 2.05) is 30.3 Å². The van der Waals surface area contributed by atoms with Crippen LogP contribution >= 0.6 is 11.8 Å². The molecule has 0 aliphatic carbocycles. The molecule has 0 fully saturated rings. The molecule has 2 aromatic carbocycles. The van der Waals surface area contributed by atoms with Crippen molar-refractivity contribution >= 4 is 28.6 Å². The normalized spacial score (nSPS) is 11.5. The molecule has 0 N–H and O–H groups in total. The number of Topliss-reactive ketones (excluding diaryl/α,β-unsaturated/α-hetero) is 1. The molecule has 2 rings (SSSR count). The maximum Gasteiger partial charge on any atom is 0.320 e. The average Bonchev–Trinajstić information content (AvgIpc) is 2.71. The second-order valence-electron chi connectivity index (χ2n) is 6.54. The smallest absolute Gasteiger partial charge is 0.320 e. The lowest BCUT2D eigenvalue weighted by atomic mass is 10.1. The summed E-state index contributed by atoms with van der Waals surface area (Å²) in [4.78, 5) is 36.4. The third kappa shape index (κ3) is 8.11. The minimum absolute atomic E-state index is 0.0876. The topological polar surface area (TPSA) is 69.7 Å². The maximum atomic E-state index is 12.6. The van der Waals surface area contributed by atoms with Gasteiger partial charge in [-0.25, -0.2) is 0 Å². The van der Waals surface area contributed by atoms with Crippen molar-refractivity contribution < 1.29 is 23.9 Å². The van der Waals surface area contributed by atoms with E-state index in [0.29, 0.717) is 23.7 Å². The lowest BCUT2D eigenvalue weighted by molar-refractivity contribution is -0.143. The van der Waals surface area contributed by atoms with Gasteiger partial charge in [-0.15, -0.1) is 0 Å². The lowest BCUT2D eigenvalue weighted by Gasteiger charge is -2.14. The van der Waals surface area contributed by atoms with Crippen LogP contribution in [-0.4, -0.2) is 28.7 Å². The van der Waals surface area contributed by atoms with E-state index in [1.165, 1.54) is 6.92 Å². The zero-order valence-corrected chi connectivity index (χ0v) is 17.6. The number of unbranched alkanes of at least 4 members (excludes halogenated alkanes) is 2. The van der Waals surface area contributed by atoms with Crippen molar-refractivity contribution in [1.29, 1.82) is 0 Å². The number of ketones is 1. The van der Waals surface area contributed by atoms with Crippen LogP contribution in [0.2, 0.25) is 0 Å². The Bertz CT molecular complexity index is 802. The number of esters is 1. The first-order valence-electron chi connectivity index (χ1n) is 9.69. The van der Waals surface area contributed by atoms with Crippen molar-refractivity contribution in [1.82, 2.24) is 0 Å². The van der Waals surface area contributed by atoms with Crippen LogP contribution in [0.1, 0.15) is 49.9 Å². The summed E-state index contributed by atoms with van der Waals surface area (Å²) < 4.78 is 11.0. The van der Waals surface area contributed by atoms with Crippen molar-refractivity contribution in [2.24, 2.45) is 0 Å². The van der Waals surface area contributed by atoms with Crippen molar-refractivity contribution in [2.45, 2.75) is 44.8 Å². The molecule has 0 saturated heterocycles. The van der Waals surface area contributed by atoms with Gasteiger partial charge in [0.1, 0.15) is 16.7 Å². The largest absolute Gasteiger partial charge is 0.465 e. The fourth-order valence-corrected chi connectivity index (χ4v) is 3.41. The maximum absolute atomic E-state index is 12.6. The summed E-state index contributed by atoms with van der Waals surface area (Å²) in [5.74, 6) is 0.576. The van der Waals surface area contributed by atoms with E-state index >= 15 is 0 Å². The van der Waals surface area contributed by atoms with E-state index in [0.717, 1.165) is 31.0 Å². The van der Waals surface area contributed by atoms with Crippen LogP contribution in [0.5, 0.6) is 11.5 Å². The Morgan fingerprint density at radius 2 is 1.59 bits per heavy atom. The van der Waals surface area contributed by atoms with Gasteiger partial charge >= 0.3 is 5.97 Å².